The highest BCUT2D eigenvalue weighted by Crippen LogP contribution is 2.16. The first-order chi connectivity index (χ1) is 9.09. The van der Waals surface area contributed by atoms with Gasteiger partial charge >= 0.3 is 0 Å². The Hall–Kier alpha value is -0.570. The summed E-state index contributed by atoms with van der Waals surface area (Å²) in [5.74, 6) is 0.810. The molecule has 0 unspecified atom stereocenters. The minimum atomic E-state index is 0.810. The molecule has 1 aromatic carbocycles. The van der Waals surface area contributed by atoms with Gasteiger partial charge in [0.25, 0.3) is 0 Å². The Morgan fingerprint density at radius 1 is 1.21 bits per heavy atom. The Balaban J connectivity index is 2.11. The monoisotopic (exact) mass is 282 g/mol. The molecular formula is C16H27ClN2. The third-order valence-electron chi connectivity index (χ3n) is 3.20. The van der Waals surface area contributed by atoms with E-state index in [9.17, 15) is 0 Å². The van der Waals surface area contributed by atoms with Crippen molar-refractivity contribution in [2.75, 3.05) is 26.7 Å². The molecule has 0 spiro atoms. The summed E-state index contributed by atoms with van der Waals surface area (Å²) in [5.41, 5.74) is 1.20. The molecule has 0 aromatic heterocycles. The zero-order valence-corrected chi connectivity index (χ0v) is 13.2. The third kappa shape index (κ3) is 7.56. The molecule has 19 heavy (non-hydrogen) atoms. The van der Waals surface area contributed by atoms with E-state index in [1.54, 1.807) is 0 Å². The summed E-state index contributed by atoms with van der Waals surface area (Å²) in [6.07, 6.45) is 2.58. The number of benzene rings is 1. The molecular weight excluding hydrogens is 256 g/mol. The van der Waals surface area contributed by atoms with Crippen molar-refractivity contribution in [3.8, 4) is 0 Å². The fraction of sp³-hybridized carbons (Fsp3) is 0.625. The van der Waals surface area contributed by atoms with E-state index in [1.807, 2.05) is 18.2 Å². The van der Waals surface area contributed by atoms with Crippen molar-refractivity contribution in [2.45, 2.75) is 33.2 Å². The highest BCUT2D eigenvalue weighted by Gasteiger charge is 2.03. The van der Waals surface area contributed by atoms with Gasteiger partial charge in [-0.05, 0) is 44.0 Å². The molecule has 0 saturated heterocycles. The summed E-state index contributed by atoms with van der Waals surface area (Å²) < 4.78 is 0. The van der Waals surface area contributed by atoms with Gasteiger partial charge in [-0.25, -0.2) is 0 Å². The quantitative estimate of drug-likeness (QED) is 0.693. The van der Waals surface area contributed by atoms with E-state index in [0.29, 0.717) is 0 Å². The lowest BCUT2D eigenvalue weighted by Gasteiger charge is -2.17. The molecule has 1 N–H and O–H groups in total. The van der Waals surface area contributed by atoms with Crippen LogP contribution in [0.4, 0.5) is 0 Å². The molecule has 0 fully saturated rings. The smallest absolute Gasteiger partial charge is 0.0451 e. The van der Waals surface area contributed by atoms with Crippen LogP contribution in [0.5, 0.6) is 0 Å². The van der Waals surface area contributed by atoms with Gasteiger partial charge in [0.1, 0.15) is 0 Å². The van der Waals surface area contributed by atoms with Crippen LogP contribution in [-0.2, 0) is 6.54 Å². The Morgan fingerprint density at radius 2 is 1.95 bits per heavy atom. The predicted octanol–water partition coefficient (Wildman–Crippen LogP) is 3.80. The summed E-state index contributed by atoms with van der Waals surface area (Å²) in [7, 11) is 2.14. The summed E-state index contributed by atoms with van der Waals surface area (Å²) in [6.45, 7) is 8.67. The van der Waals surface area contributed by atoms with Gasteiger partial charge in [0, 0.05) is 24.7 Å². The molecule has 0 saturated carbocycles. The molecule has 0 aliphatic rings. The van der Waals surface area contributed by atoms with Gasteiger partial charge < -0.3 is 10.2 Å². The number of nitrogens with zero attached hydrogens (tertiary/aromatic N) is 1. The summed E-state index contributed by atoms with van der Waals surface area (Å²) in [4.78, 5) is 2.30. The van der Waals surface area contributed by atoms with E-state index >= 15 is 0 Å². The average molecular weight is 283 g/mol. The Labute approximate surface area is 123 Å². The maximum absolute atomic E-state index is 6.16. The van der Waals surface area contributed by atoms with Crippen LogP contribution in [-0.4, -0.2) is 31.6 Å². The molecule has 1 rings (SSSR count). The van der Waals surface area contributed by atoms with Gasteiger partial charge in [0.2, 0.25) is 0 Å². The second-order valence-electron chi connectivity index (χ2n) is 5.62. The fourth-order valence-corrected chi connectivity index (χ4v) is 2.22. The minimum absolute atomic E-state index is 0.810. The van der Waals surface area contributed by atoms with E-state index in [1.165, 1.54) is 18.4 Å². The maximum Gasteiger partial charge on any atom is 0.0451 e. The lowest BCUT2D eigenvalue weighted by Crippen LogP contribution is -2.29. The number of rotatable bonds is 9. The zero-order chi connectivity index (χ0) is 14.1. The number of hydrogen-bond acceptors (Lipinski definition) is 2. The summed E-state index contributed by atoms with van der Waals surface area (Å²) >= 11 is 6.16. The van der Waals surface area contributed by atoms with Crippen molar-refractivity contribution < 1.29 is 0 Å². The van der Waals surface area contributed by atoms with Crippen molar-refractivity contribution in [1.29, 1.82) is 0 Å². The van der Waals surface area contributed by atoms with Crippen molar-refractivity contribution in [2.24, 2.45) is 5.92 Å². The SMILES string of the molecule is CC(C)CCCNCCN(C)Cc1ccccc1Cl. The van der Waals surface area contributed by atoms with Crippen LogP contribution in [0.1, 0.15) is 32.3 Å². The van der Waals surface area contributed by atoms with E-state index in [4.69, 9.17) is 11.6 Å². The predicted molar refractivity (Wildman–Crippen MR) is 84.7 cm³/mol. The summed E-state index contributed by atoms with van der Waals surface area (Å²) in [5, 5.41) is 4.36. The molecule has 108 valence electrons. The zero-order valence-electron chi connectivity index (χ0n) is 12.5. The number of halogens is 1. The number of hydrogen-bond donors (Lipinski definition) is 1. The molecule has 0 aliphatic heterocycles. The lowest BCUT2D eigenvalue weighted by atomic mass is 10.1. The van der Waals surface area contributed by atoms with Gasteiger partial charge in [0.05, 0.1) is 0 Å². The topological polar surface area (TPSA) is 15.3 Å². The van der Waals surface area contributed by atoms with Crippen LogP contribution in [0.25, 0.3) is 0 Å². The number of likely N-dealkylation sites (N-methyl/N-ethyl adjacent to an activating group) is 1. The first-order valence-electron chi connectivity index (χ1n) is 7.22. The van der Waals surface area contributed by atoms with Crippen molar-refractivity contribution in [1.82, 2.24) is 10.2 Å². The van der Waals surface area contributed by atoms with E-state index in [0.717, 1.165) is 37.1 Å². The molecule has 3 heteroatoms. The van der Waals surface area contributed by atoms with Crippen molar-refractivity contribution in [3.05, 3.63) is 34.9 Å². The largest absolute Gasteiger partial charge is 0.315 e. The van der Waals surface area contributed by atoms with Crippen molar-refractivity contribution in [3.63, 3.8) is 0 Å². The van der Waals surface area contributed by atoms with Gasteiger partial charge in [-0.1, -0.05) is 43.6 Å². The Kier molecular flexibility index (Phi) is 8.11. The van der Waals surface area contributed by atoms with Gasteiger partial charge in [-0.3, -0.25) is 0 Å². The highest BCUT2D eigenvalue weighted by molar-refractivity contribution is 6.31. The van der Waals surface area contributed by atoms with Gasteiger partial charge in [-0.2, -0.15) is 0 Å². The molecule has 0 aliphatic carbocycles. The first-order valence-corrected chi connectivity index (χ1v) is 7.60. The van der Waals surface area contributed by atoms with Crippen LogP contribution in [0.15, 0.2) is 24.3 Å². The molecule has 0 heterocycles. The van der Waals surface area contributed by atoms with Crippen LogP contribution in [0.2, 0.25) is 5.02 Å². The van der Waals surface area contributed by atoms with Gasteiger partial charge in [0.15, 0.2) is 0 Å². The van der Waals surface area contributed by atoms with Gasteiger partial charge in [-0.15, -0.1) is 0 Å². The minimum Gasteiger partial charge on any atom is -0.315 e. The van der Waals surface area contributed by atoms with Crippen LogP contribution >= 0.6 is 11.6 Å². The Bertz CT molecular complexity index is 352. The molecule has 0 bridgehead atoms. The first kappa shape index (κ1) is 16.5. The molecule has 0 atom stereocenters. The van der Waals surface area contributed by atoms with Crippen molar-refractivity contribution >= 4 is 11.6 Å². The van der Waals surface area contributed by atoms with Crippen LogP contribution in [0, 0.1) is 5.92 Å². The summed E-state index contributed by atoms with van der Waals surface area (Å²) in [6, 6.07) is 8.06. The number of nitrogens with one attached hydrogen (secondary N) is 1. The van der Waals surface area contributed by atoms with E-state index in [2.05, 4.69) is 37.2 Å². The van der Waals surface area contributed by atoms with E-state index in [-0.39, 0.29) is 0 Å². The van der Waals surface area contributed by atoms with E-state index < -0.39 is 0 Å². The van der Waals surface area contributed by atoms with Crippen LogP contribution < -0.4 is 5.32 Å². The highest BCUT2D eigenvalue weighted by atomic mass is 35.5. The molecule has 0 radical (unpaired) electrons. The molecule has 1 aromatic rings. The fourth-order valence-electron chi connectivity index (χ4n) is 2.03. The second kappa shape index (κ2) is 9.35. The molecule has 2 nitrogen and oxygen atoms in total. The Morgan fingerprint density at radius 3 is 2.63 bits per heavy atom. The molecule has 0 amide bonds. The average Bonchev–Trinajstić information content (AvgIpc) is 2.36. The third-order valence-corrected chi connectivity index (χ3v) is 3.57. The normalized spacial score (nSPS) is 11.5. The lowest BCUT2D eigenvalue weighted by molar-refractivity contribution is 0.323. The van der Waals surface area contributed by atoms with Crippen LogP contribution in [0.3, 0.4) is 0 Å². The standard InChI is InChI=1S/C16H27ClN2/c1-14(2)7-6-10-18-11-12-19(3)13-15-8-4-5-9-16(15)17/h4-5,8-9,14,18H,6-7,10-13H2,1-3H3. The maximum atomic E-state index is 6.16. The second-order valence-corrected chi connectivity index (χ2v) is 6.02.